The molecule has 104 valence electrons. The molecule has 0 saturated carbocycles. The van der Waals surface area contributed by atoms with Crippen molar-refractivity contribution < 1.29 is 9.53 Å². The lowest BCUT2D eigenvalue weighted by molar-refractivity contribution is -0.118. The number of ether oxygens (including phenoxy) is 1. The Labute approximate surface area is 119 Å². The SMILES string of the molecule is COc1ccccc1CC(=O)CCc1cccc(N)c1. The standard InChI is InChI=1S/C17H19NO2/c1-20-17-8-3-2-6-14(17)12-16(19)10-9-13-5-4-7-15(18)11-13/h2-8,11H,9-10,12,18H2,1H3. The zero-order chi connectivity index (χ0) is 14.4. The molecule has 20 heavy (non-hydrogen) atoms. The van der Waals surface area contributed by atoms with Crippen LogP contribution in [0, 0.1) is 0 Å². The van der Waals surface area contributed by atoms with Crippen LogP contribution in [0.3, 0.4) is 0 Å². The van der Waals surface area contributed by atoms with Gasteiger partial charge in [0.2, 0.25) is 0 Å². The zero-order valence-corrected chi connectivity index (χ0v) is 11.6. The van der Waals surface area contributed by atoms with Crippen LogP contribution in [-0.2, 0) is 17.6 Å². The molecule has 0 spiro atoms. The van der Waals surface area contributed by atoms with Crippen LogP contribution in [0.2, 0.25) is 0 Å². The minimum Gasteiger partial charge on any atom is -0.496 e. The van der Waals surface area contributed by atoms with Gasteiger partial charge in [0.15, 0.2) is 0 Å². The molecule has 0 bridgehead atoms. The fourth-order valence-corrected chi connectivity index (χ4v) is 2.18. The van der Waals surface area contributed by atoms with Gasteiger partial charge in [-0.2, -0.15) is 0 Å². The summed E-state index contributed by atoms with van der Waals surface area (Å²) in [7, 11) is 1.62. The van der Waals surface area contributed by atoms with E-state index in [-0.39, 0.29) is 5.78 Å². The summed E-state index contributed by atoms with van der Waals surface area (Å²) >= 11 is 0. The van der Waals surface area contributed by atoms with E-state index in [0.29, 0.717) is 12.8 Å². The van der Waals surface area contributed by atoms with Gasteiger partial charge in [0.05, 0.1) is 7.11 Å². The highest BCUT2D eigenvalue weighted by Crippen LogP contribution is 2.19. The lowest BCUT2D eigenvalue weighted by Crippen LogP contribution is -2.05. The first-order valence-electron chi connectivity index (χ1n) is 6.67. The van der Waals surface area contributed by atoms with Crippen molar-refractivity contribution in [3.8, 4) is 5.75 Å². The van der Waals surface area contributed by atoms with Crippen molar-refractivity contribution in [2.24, 2.45) is 0 Å². The number of para-hydroxylation sites is 1. The minimum atomic E-state index is 0.205. The number of carbonyl (C=O) groups is 1. The number of methoxy groups -OCH3 is 1. The second kappa shape index (κ2) is 6.75. The van der Waals surface area contributed by atoms with Crippen LogP contribution < -0.4 is 10.5 Å². The fraction of sp³-hybridized carbons (Fsp3) is 0.235. The van der Waals surface area contributed by atoms with E-state index < -0.39 is 0 Å². The summed E-state index contributed by atoms with van der Waals surface area (Å²) in [6, 6.07) is 15.3. The van der Waals surface area contributed by atoms with Crippen LogP contribution in [0.25, 0.3) is 0 Å². The molecular weight excluding hydrogens is 250 g/mol. The number of anilines is 1. The fourth-order valence-electron chi connectivity index (χ4n) is 2.18. The maximum atomic E-state index is 12.1. The van der Waals surface area contributed by atoms with E-state index in [1.54, 1.807) is 7.11 Å². The largest absolute Gasteiger partial charge is 0.496 e. The van der Waals surface area contributed by atoms with Crippen molar-refractivity contribution in [1.82, 2.24) is 0 Å². The van der Waals surface area contributed by atoms with Gasteiger partial charge >= 0.3 is 0 Å². The first kappa shape index (κ1) is 14.1. The van der Waals surface area contributed by atoms with E-state index in [0.717, 1.165) is 29.0 Å². The van der Waals surface area contributed by atoms with Crippen molar-refractivity contribution in [2.45, 2.75) is 19.3 Å². The monoisotopic (exact) mass is 269 g/mol. The number of Topliss-reactive ketones (excluding diaryl/α,β-unsaturated/α-hetero) is 1. The van der Waals surface area contributed by atoms with Gasteiger partial charge in [-0.25, -0.2) is 0 Å². The average molecular weight is 269 g/mol. The van der Waals surface area contributed by atoms with Gasteiger partial charge in [0.1, 0.15) is 11.5 Å². The Morgan fingerprint density at radius 2 is 1.95 bits per heavy atom. The molecule has 0 aromatic heterocycles. The highest BCUT2D eigenvalue weighted by molar-refractivity contribution is 5.81. The quantitative estimate of drug-likeness (QED) is 0.820. The van der Waals surface area contributed by atoms with Crippen LogP contribution in [0.5, 0.6) is 5.75 Å². The summed E-state index contributed by atoms with van der Waals surface area (Å²) in [5.41, 5.74) is 8.49. The van der Waals surface area contributed by atoms with Crippen LogP contribution >= 0.6 is 0 Å². The number of ketones is 1. The Balaban J connectivity index is 1.93. The summed E-state index contributed by atoms with van der Waals surface area (Å²) < 4.78 is 5.26. The molecule has 0 aliphatic heterocycles. The maximum Gasteiger partial charge on any atom is 0.137 e. The smallest absolute Gasteiger partial charge is 0.137 e. The molecule has 0 saturated heterocycles. The van der Waals surface area contributed by atoms with Crippen molar-refractivity contribution in [2.75, 3.05) is 12.8 Å². The molecule has 2 aromatic rings. The lowest BCUT2D eigenvalue weighted by atomic mass is 10.0. The molecular formula is C17H19NO2. The van der Waals surface area contributed by atoms with Gasteiger partial charge in [-0.05, 0) is 30.2 Å². The van der Waals surface area contributed by atoms with Crippen LogP contribution in [0.1, 0.15) is 17.5 Å². The average Bonchev–Trinajstić information content (AvgIpc) is 2.46. The maximum absolute atomic E-state index is 12.1. The van der Waals surface area contributed by atoms with E-state index in [4.69, 9.17) is 10.5 Å². The predicted octanol–water partition coefficient (Wildman–Crippen LogP) is 3.02. The van der Waals surface area contributed by atoms with E-state index in [1.807, 2.05) is 48.5 Å². The van der Waals surface area contributed by atoms with Gasteiger partial charge in [-0.3, -0.25) is 4.79 Å². The highest BCUT2D eigenvalue weighted by atomic mass is 16.5. The Morgan fingerprint density at radius 3 is 2.70 bits per heavy atom. The number of hydrogen-bond acceptors (Lipinski definition) is 3. The van der Waals surface area contributed by atoms with Crippen molar-refractivity contribution in [3.05, 3.63) is 59.7 Å². The summed E-state index contributed by atoms with van der Waals surface area (Å²) in [4.78, 5) is 12.1. The second-order valence-electron chi connectivity index (χ2n) is 4.77. The van der Waals surface area contributed by atoms with Gasteiger partial charge in [-0.15, -0.1) is 0 Å². The Morgan fingerprint density at radius 1 is 1.15 bits per heavy atom. The topological polar surface area (TPSA) is 52.3 Å². The third-order valence-corrected chi connectivity index (χ3v) is 3.22. The number of nitrogens with two attached hydrogens (primary N) is 1. The molecule has 2 aromatic carbocycles. The van der Waals surface area contributed by atoms with Gasteiger partial charge in [0.25, 0.3) is 0 Å². The summed E-state index contributed by atoms with van der Waals surface area (Å²) in [5, 5.41) is 0. The summed E-state index contributed by atoms with van der Waals surface area (Å²) in [6.07, 6.45) is 1.65. The third-order valence-electron chi connectivity index (χ3n) is 3.22. The molecule has 0 atom stereocenters. The van der Waals surface area contributed by atoms with Crippen LogP contribution in [0.4, 0.5) is 5.69 Å². The first-order chi connectivity index (χ1) is 9.69. The van der Waals surface area contributed by atoms with Crippen LogP contribution in [0.15, 0.2) is 48.5 Å². The van der Waals surface area contributed by atoms with Crippen molar-refractivity contribution in [3.63, 3.8) is 0 Å². The Kier molecular flexibility index (Phi) is 4.77. The Bertz CT molecular complexity index is 593. The molecule has 2 rings (SSSR count). The van der Waals surface area contributed by atoms with Gasteiger partial charge in [-0.1, -0.05) is 30.3 Å². The minimum absolute atomic E-state index is 0.205. The van der Waals surface area contributed by atoms with Crippen molar-refractivity contribution >= 4 is 11.5 Å². The normalized spacial score (nSPS) is 10.2. The Hall–Kier alpha value is -2.29. The molecule has 0 aliphatic rings. The van der Waals surface area contributed by atoms with E-state index in [9.17, 15) is 4.79 Å². The molecule has 0 aliphatic carbocycles. The molecule has 0 amide bonds. The molecule has 3 nitrogen and oxygen atoms in total. The first-order valence-corrected chi connectivity index (χ1v) is 6.67. The van der Waals surface area contributed by atoms with Gasteiger partial charge in [0, 0.05) is 24.1 Å². The number of benzene rings is 2. The van der Waals surface area contributed by atoms with Crippen molar-refractivity contribution in [1.29, 1.82) is 0 Å². The molecule has 0 heterocycles. The molecule has 0 radical (unpaired) electrons. The number of rotatable bonds is 6. The van der Waals surface area contributed by atoms with Gasteiger partial charge < -0.3 is 10.5 Å². The van der Waals surface area contributed by atoms with E-state index in [2.05, 4.69) is 0 Å². The number of nitrogen functional groups attached to an aromatic ring is 1. The zero-order valence-electron chi connectivity index (χ0n) is 11.6. The number of aryl methyl sites for hydroxylation is 1. The molecule has 0 fully saturated rings. The third kappa shape index (κ3) is 3.85. The molecule has 0 unspecified atom stereocenters. The van der Waals surface area contributed by atoms with E-state index in [1.165, 1.54) is 0 Å². The summed E-state index contributed by atoms with van der Waals surface area (Å²) in [5.74, 6) is 0.974. The predicted molar refractivity (Wildman–Crippen MR) is 80.9 cm³/mol. The summed E-state index contributed by atoms with van der Waals surface area (Å²) in [6.45, 7) is 0. The highest BCUT2D eigenvalue weighted by Gasteiger charge is 2.08. The number of hydrogen-bond donors (Lipinski definition) is 1. The van der Waals surface area contributed by atoms with E-state index >= 15 is 0 Å². The van der Waals surface area contributed by atoms with Crippen LogP contribution in [-0.4, -0.2) is 12.9 Å². The molecule has 3 heteroatoms. The second-order valence-corrected chi connectivity index (χ2v) is 4.77. The number of carbonyl (C=O) groups excluding carboxylic acids is 1. The molecule has 2 N–H and O–H groups in total. The lowest BCUT2D eigenvalue weighted by Gasteiger charge is -2.07.